The van der Waals surface area contributed by atoms with Gasteiger partial charge in [0.05, 0.1) is 19.8 Å². The molecule has 0 unspecified atom stereocenters. The Balaban J connectivity index is 2.71. The monoisotopic (exact) mass is 343 g/mol. The number of carbonyl (C=O) groups is 1. The third kappa shape index (κ3) is 2.33. The zero-order chi connectivity index (χ0) is 12.4. The van der Waals surface area contributed by atoms with Crippen molar-refractivity contribution in [2.24, 2.45) is 0 Å². The van der Waals surface area contributed by atoms with Gasteiger partial charge in [-0.1, -0.05) is 0 Å². The van der Waals surface area contributed by atoms with Gasteiger partial charge in [0.1, 0.15) is 11.3 Å². The van der Waals surface area contributed by atoms with Crippen LogP contribution in [-0.2, 0) is 4.74 Å². The number of fused-ring (bicyclic) bond motifs is 1. The van der Waals surface area contributed by atoms with Crippen LogP contribution in [0, 0.1) is 3.57 Å². The molecule has 1 aromatic carbocycles. The van der Waals surface area contributed by atoms with Gasteiger partial charge in [-0.2, -0.15) is 0 Å². The second-order valence-corrected chi connectivity index (χ2v) is 4.64. The molecule has 0 N–H and O–H groups in total. The summed E-state index contributed by atoms with van der Waals surface area (Å²) >= 11 is 2.17. The minimum absolute atomic E-state index is 0.385. The molecule has 0 bridgehead atoms. The molecule has 88 valence electrons. The van der Waals surface area contributed by atoms with Crippen molar-refractivity contribution in [2.45, 2.75) is 0 Å². The largest absolute Gasteiger partial charge is 0.494 e. The summed E-state index contributed by atoms with van der Waals surface area (Å²) in [5, 5.41) is 0.858. The molecule has 0 amide bonds. The van der Waals surface area contributed by atoms with Crippen LogP contribution >= 0.6 is 22.6 Å². The Morgan fingerprint density at radius 3 is 2.71 bits per heavy atom. The van der Waals surface area contributed by atoms with E-state index in [1.807, 2.05) is 6.07 Å². The van der Waals surface area contributed by atoms with Crippen molar-refractivity contribution in [3.63, 3.8) is 0 Å². The van der Waals surface area contributed by atoms with Gasteiger partial charge in [0.2, 0.25) is 0 Å². The number of nitrogens with zero attached hydrogens (tertiary/aromatic N) is 1. The van der Waals surface area contributed by atoms with Crippen LogP contribution in [0.25, 0.3) is 10.9 Å². The second-order valence-electron chi connectivity index (χ2n) is 3.40. The van der Waals surface area contributed by atoms with Gasteiger partial charge in [0.15, 0.2) is 0 Å². The summed E-state index contributed by atoms with van der Waals surface area (Å²) in [6, 6.07) is 5.32. The SMILES string of the molecule is COC(=O)c1cc(OC)c2ncc(I)cc2c1. The normalized spacial score (nSPS) is 10.3. The number of ether oxygens (including phenoxy) is 2. The number of methoxy groups -OCH3 is 2. The number of pyridine rings is 1. The highest BCUT2D eigenvalue weighted by Crippen LogP contribution is 2.27. The highest BCUT2D eigenvalue weighted by molar-refractivity contribution is 14.1. The summed E-state index contributed by atoms with van der Waals surface area (Å²) in [4.78, 5) is 15.8. The molecule has 0 saturated carbocycles. The first-order valence-corrected chi connectivity index (χ1v) is 5.95. The summed E-state index contributed by atoms with van der Waals surface area (Å²) < 4.78 is 10.9. The molecule has 2 aromatic rings. The minimum Gasteiger partial charge on any atom is -0.494 e. The van der Waals surface area contributed by atoms with Crippen molar-refractivity contribution in [2.75, 3.05) is 14.2 Å². The molecule has 0 spiro atoms. The maximum Gasteiger partial charge on any atom is 0.338 e. The van der Waals surface area contributed by atoms with Crippen molar-refractivity contribution >= 4 is 39.5 Å². The van der Waals surface area contributed by atoms with Crippen LogP contribution < -0.4 is 4.74 Å². The zero-order valence-corrected chi connectivity index (χ0v) is 11.5. The molecular weight excluding hydrogens is 333 g/mol. The molecule has 1 aromatic heterocycles. The van der Waals surface area contributed by atoms with Crippen molar-refractivity contribution in [1.29, 1.82) is 0 Å². The number of benzene rings is 1. The molecule has 17 heavy (non-hydrogen) atoms. The predicted octanol–water partition coefficient (Wildman–Crippen LogP) is 2.63. The lowest BCUT2D eigenvalue weighted by molar-refractivity contribution is 0.0600. The van der Waals surface area contributed by atoms with Crippen LogP contribution in [0.4, 0.5) is 0 Å². The van der Waals surface area contributed by atoms with Crippen LogP contribution in [0.2, 0.25) is 0 Å². The lowest BCUT2D eigenvalue weighted by Gasteiger charge is -2.07. The van der Waals surface area contributed by atoms with E-state index >= 15 is 0 Å². The Hall–Kier alpha value is -1.37. The second kappa shape index (κ2) is 4.87. The van der Waals surface area contributed by atoms with E-state index in [0.29, 0.717) is 11.3 Å². The molecular formula is C12H10INO3. The van der Waals surface area contributed by atoms with Crippen molar-refractivity contribution < 1.29 is 14.3 Å². The van der Waals surface area contributed by atoms with Gasteiger partial charge in [0, 0.05) is 15.2 Å². The third-order valence-electron chi connectivity index (χ3n) is 2.36. The van der Waals surface area contributed by atoms with Gasteiger partial charge in [0.25, 0.3) is 0 Å². The standard InChI is InChI=1S/C12H10INO3/c1-16-10-5-8(12(15)17-2)3-7-4-9(13)6-14-11(7)10/h3-6H,1-2H3. The van der Waals surface area contributed by atoms with E-state index in [-0.39, 0.29) is 5.97 Å². The van der Waals surface area contributed by atoms with Crippen molar-refractivity contribution in [1.82, 2.24) is 4.98 Å². The Morgan fingerprint density at radius 1 is 1.29 bits per heavy atom. The molecule has 0 fully saturated rings. The van der Waals surface area contributed by atoms with Gasteiger partial charge in [-0.05, 0) is 40.8 Å². The molecule has 4 nitrogen and oxygen atoms in total. The first-order chi connectivity index (χ1) is 8.15. The number of aromatic nitrogens is 1. The average molecular weight is 343 g/mol. The summed E-state index contributed by atoms with van der Waals surface area (Å²) in [6.07, 6.45) is 1.75. The summed E-state index contributed by atoms with van der Waals surface area (Å²) in [7, 11) is 2.90. The van der Waals surface area contributed by atoms with Crippen LogP contribution in [0.15, 0.2) is 24.4 Å². The number of hydrogen-bond acceptors (Lipinski definition) is 4. The van der Waals surface area contributed by atoms with Crippen LogP contribution in [-0.4, -0.2) is 25.2 Å². The van der Waals surface area contributed by atoms with Gasteiger partial charge in [-0.15, -0.1) is 0 Å². The molecule has 0 aliphatic carbocycles. The maximum atomic E-state index is 11.5. The highest BCUT2D eigenvalue weighted by atomic mass is 127. The smallest absolute Gasteiger partial charge is 0.338 e. The fourth-order valence-electron chi connectivity index (χ4n) is 1.58. The molecule has 0 radical (unpaired) electrons. The molecule has 0 atom stereocenters. The van der Waals surface area contributed by atoms with E-state index in [1.165, 1.54) is 7.11 Å². The fraction of sp³-hybridized carbons (Fsp3) is 0.167. The Morgan fingerprint density at radius 2 is 2.06 bits per heavy atom. The van der Waals surface area contributed by atoms with E-state index in [9.17, 15) is 4.79 Å². The van der Waals surface area contributed by atoms with Gasteiger partial charge < -0.3 is 9.47 Å². The summed E-state index contributed by atoms with van der Waals surface area (Å²) in [5.41, 5.74) is 1.20. The van der Waals surface area contributed by atoms with E-state index in [0.717, 1.165) is 14.5 Å². The quantitative estimate of drug-likeness (QED) is 0.621. The molecule has 2 rings (SSSR count). The fourth-order valence-corrected chi connectivity index (χ4v) is 2.06. The van der Waals surface area contributed by atoms with E-state index < -0.39 is 0 Å². The third-order valence-corrected chi connectivity index (χ3v) is 2.95. The van der Waals surface area contributed by atoms with Crippen LogP contribution in [0.3, 0.4) is 0 Å². The number of carbonyl (C=O) groups excluding carboxylic acids is 1. The van der Waals surface area contributed by atoms with Gasteiger partial charge in [-0.3, -0.25) is 4.98 Å². The summed E-state index contributed by atoms with van der Waals surface area (Å²) in [5.74, 6) is 0.184. The lowest BCUT2D eigenvalue weighted by atomic mass is 10.1. The average Bonchev–Trinajstić information content (AvgIpc) is 2.35. The zero-order valence-electron chi connectivity index (χ0n) is 9.36. The van der Waals surface area contributed by atoms with Gasteiger partial charge >= 0.3 is 5.97 Å². The number of esters is 1. The Kier molecular flexibility index (Phi) is 3.46. The number of halogens is 1. The number of hydrogen-bond donors (Lipinski definition) is 0. The summed E-state index contributed by atoms with van der Waals surface area (Å²) in [6.45, 7) is 0. The van der Waals surface area contributed by atoms with Crippen molar-refractivity contribution in [3.05, 3.63) is 33.5 Å². The van der Waals surface area contributed by atoms with Crippen LogP contribution in [0.5, 0.6) is 5.75 Å². The topological polar surface area (TPSA) is 48.4 Å². The lowest BCUT2D eigenvalue weighted by Crippen LogP contribution is -2.02. The number of rotatable bonds is 2. The molecule has 0 aliphatic heterocycles. The predicted molar refractivity (Wildman–Crippen MR) is 72.4 cm³/mol. The van der Waals surface area contributed by atoms with Crippen LogP contribution in [0.1, 0.15) is 10.4 Å². The van der Waals surface area contributed by atoms with E-state index in [2.05, 4.69) is 27.6 Å². The Bertz CT molecular complexity index is 583. The van der Waals surface area contributed by atoms with Gasteiger partial charge in [-0.25, -0.2) is 4.79 Å². The van der Waals surface area contributed by atoms with Crippen molar-refractivity contribution in [3.8, 4) is 5.75 Å². The maximum absolute atomic E-state index is 11.5. The highest BCUT2D eigenvalue weighted by Gasteiger charge is 2.11. The van der Waals surface area contributed by atoms with E-state index in [4.69, 9.17) is 9.47 Å². The molecule has 0 saturated heterocycles. The van der Waals surface area contributed by atoms with E-state index in [1.54, 1.807) is 25.4 Å². The Labute approximate surface area is 112 Å². The minimum atomic E-state index is -0.385. The first kappa shape index (κ1) is 12.1. The first-order valence-electron chi connectivity index (χ1n) is 4.87. The molecule has 0 aliphatic rings. The molecule has 5 heteroatoms. The molecule has 1 heterocycles.